The number of likely N-dealkylation sites (tertiary alicyclic amines) is 1. The molecule has 2 rings (SSSR count). The van der Waals surface area contributed by atoms with Crippen LogP contribution in [0, 0.1) is 5.41 Å². The van der Waals surface area contributed by atoms with Crippen LogP contribution in [0.15, 0.2) is 28.7 Å². The minimum Gasteiger partial charge on any atom is -0.481 e. The van der Waals surface area contributed by atoms with Gasteiger partial charge >= 0.3 is 5.97 Å². The highest BCUT2D eigenvalue weighted by atomic mass is 79.9. The summed E-state index contributed by atoms with van der Waals surface area (Å²) in [6.07, 6.45) is 1.01. The van der Waals surface area contributed by atoms with Crippen LogP contribution in [0.3, 0.4) is 0 Å². The number of carboxylic acid groups (broad SMARTS) is 1. The summed E-state index contributed by atoms with van der Waals surface area (Å²) in [5.41, 5.74) is -0.0571. The predicted molar refractivity (Wildman–Crippen MR) is 75.0 cm³/mol. The first-order chi connectivity index (χ1) is 8.92. The van der Waals surface area contributed by atoms with Gasteiger partial charge in [-0.15, -0.1) is 0 Å². The zero-order valence-corrected chi connectivity index (χ0v) is 12.3. The summed E-state index contributed by atoms with van der Waals surface area (Å²) in [6, 6.07) is 7.21. The molecule has 1 aliphatic rings. The molecule has 1 fully saturated rings. The van der Waals surface area contributed by atoms with Crippen LogP contribution in [-0.2, 0) is 4.79 Å². The molecular formula is C14H16BrNO3. The molecule has 0 radical (unpaired) electrons. The van der Waals surface area contributed by atoms with Gasteiger partial charge in [-0.3, -0.25) is 9.59 Å². The van der Waals surface area contributed by atoms with E-state index in [2.05, 4.69) is 15.9 Å². The monoisotopic (exact) mass is 325 g/mol. The quantitative estimate of drug-likeness (QED) is 0.909. The first-order valence-electron chi connectivity index (χ1n) is 6.21. The first-order valence-corrected chi connectivity index (χ1v) is 7.00. The maximum Gasteiger partial charge on any atom is 0.309 e. The van der Waals surface area contributed by atoms with E-state index in [1.165, 1.54) is 0 Å². The van der Waals surface area contributed by atoms with Gasteiger partial charge in [0.25, 0.3) is 5.91 Å². The van der Waals surface area contributed by atoms with Crippen molar-refractivity contribution in [2.45, 2.75) is 19.8 Å². The lowest BCUT2D eigenvalue weighted by atomic mass is 9.80. The van der Waals surface area contributed by atoms with Crippen molar-refractivity contribution in [1.82, 2.24) is 4.90 Å². The average Bonchev–Trinajstić information content (AvgIpc) is 2.39. The van der Waals surface area contributed by atoms with Gasteiger partial charge in [-0.1, -0.05) is 15.9 Å². The molecule has 1 aromatic rings. The van der Waals surface area contributed by atoms with Crippen LogP contribution in [-0.4, -0.2) is 35.0 Å². The summed E-state index contributed by atoms with van der Waals surface area (Å²) in [7, 11) is 0. The molecule has 0 aromatic heterocycles. The van der Waals surface area contributed by atoms with Crippen LogP contribution in [0.1, 0.15) is 30.1 Å². The highest BCUT2D eigenvalue weighted by molar-refractivity contribution is 9.10. The Labute approximate surface area is 120 Å². The molecule has 1 amide bonds. The third-order valence-corrected chi connectivity index (χ3v) is 4.29. The minimum absolute atomic E-state index is 0.0278. The van der Waals surface area contributed by atoms with E-state index in [0.29, 0.717) is 31.5 Å². The lowest BCUT2D eigenvalue weighted by Gasteiger charge is -2.36. The fraction of sp³-hybridized carbons (Fsp3) is 0.429. The molecule has 102 valence electrons. The molecular weight excluding hydrogens is 310 g/mol. The number of carbonyl (C=O) groups is 2. The largest absolute Gasteiger partial charge is 0.481 e. The van der Waals surface area contributed by atoms with E-state index >= 15 is 0 Å². The van der Waals surface area contributed by atoms with Crippen molar-refractivity contribution in [3.8, 4) is 0 Å². The zero-order chi connectivity index (χ0) is 14.0. The third-order valence-electron chi connectivity index (χ3n) is 3.76. The Morgan fingerprint density at radius 3 is 2.21 bits per heavy atom. The molecule has 19 heavy (non-hydrogen) atoms. The third kappa shape index (κ3) is 2.97. The second kappa shape index (κ2) is 5.33. The summed E-state index contributed by atoms with van der Waals surface area (Å²) < 4.78 is 0.932. The number of hydrogen-bond acceptors (Lipinski definition) is 2. The molecule has 0 spiro atoms. The number of halogens is 1. The van der Waals surface area contributed by atoms with Crippen LogP contribution in [0.5, 0.6) is 0 Å². The van der Waals surface area contributed by atoms with Crippen LogP contribution in [0.4, 0.5) is 0 Å². The molecule has 0 atom stereocenters. The van der Waals surface area contributed by atoms with Crippen LogP contribution >= 0.6 is 15.9 Å². The number of hydrogen-bond donors (Lipinski definition) is 1. The van der Waals surface area contributed by atoms with Crippen molar-refractivity contribution in [3.63, 3.8) is 0 Å². The average molecular weight is 326 g/mol. The van der Waals surface area contributed by atoms with Gasteiger partial charge in [0.1, 0.15) is 0 Å². The van der Waals surface area contributed by atoms with E-state index < -0.39 is 11.4 Å². The van der Waals surface area contributed by atoms with E-state index in [4.69, 9.17) is 5.11 Å². The Balaban J connectivity index is 2.04. The highest BCUT2D eigenvalue weighted by Crippen LogP contribution is 2.31. The Kier molecular flexibility index (Phi) is 3.94. The van der Waals surface area contributed by atoms with E-state index in [-0.39, 0.29) is 5.91 Å². The van der Waals surface area contributed by atoms with Gasteiger partial charge in [0.05, 0.1) is 5.41 Å². The summed E-state index contributed by atoms with van der Waals surface area (Å²) in [5.74, 6) is -0.803. The van der Waals surface area contributed by atoms with E-state index in [0.717, 1.165) is 4.47 Å². The number of rotatable bonds is 2. The molecule has 0 unspecified atom stereocenters. The van der Waals surface area contributed by atoms with Gasteiger partial charge in [-0.2, -0.15) is 0 Å². The second-order valence-electron chi connectivity index (χ2n) is 5.16. The number of amides is 1. The van der Waals surface area contributed by atoms with Crippen molar-refractivity contribution in [1.29, 1.82) is 0 Å². The lowest BCUT2D eigenvalue weighted by Crippen LogP contribution is -2.45. The van der Waals surface area contributed by atoms with Crippen molar-refractivity contribution in [2.24, 2.45) is 5.41 Å². The summed E-state index contributed by atoms with van der Waals surface area (Å²) in [6.45, 7) is 2.74. The molecule has 0 bridgehead atoms. The Morgan fingerprint density at radius 2 is 1.74 bits per heavy atom. The topological polar surface area (TPSA) is 57.6 Å². The molecule has 1 saturated heterocycles. The summed E-state index contributed by atoms with van der Waals surface area (Å²) in [4.78, 5) is 25.1. The van der Waals surface area contributed by atoms with E-state index in [1.807, 2.05) is 12.1 Å². The van der Waals surface area contributed by atoms with Crippen LogP contribution < -0.4 is 0 Å². The lowest BCUT2D eigenvalue weighted by molar-refractivity contribution is -0.150. The molecule has 1 N–H and O–H groups in total. The normalized spacial score (nSPS) is 18.1. The second-order valence-corrected chi connectivity index (χ2v) is 6.08. The fourth-order valence-corrected chi connectivity index (χ4v) is 2.46. The Morgan fingerprint density at radius 1 is 1.21 bits per heavy atom. The van der Waals surface area contributed by atoms with Gasteiger partial charge < -0.3 is 10.0 Å². The number of carboxylic acids is 1. The van der Waals surface area contributed by atoms with Crippen molar-refractivity contribution < 1.29 is 14.7 Å². The summed E-state index contributed by atoms with van der Waals surface area (Å²) >= 11 is 3.33. The maximum atomic E-state index is 12.3. The minimum atomic E-state index is -0.775. The van der Waals surface area contributed by atoms with Gasteiger partial charge in [-0.05, 0) is 44.0 Å². The van der Waals surface area contributed by atoms with Crippen molar-refractivity contribution >= 4 is 27.8 Å². The smallest absolute Gasteiger partial charge is 0.309 e. The molecule has 1 aromatic carbocycles. The zero-order valence-electron chi connectivity index (χ0n) is 10.7. The first kappa shape index (κ1) is 14.1. The Bertz CT molecular complexity index is 490. The number of aliphatic carboxylic acids is 1. The molecule has 4 nitrogen and oxygen atoms in total. The molecule has 0 saturated carbocycles. The highest BCUT2D eigenvalue weighted by Gasteiger charge is 2.38. The van der Waals surface area contributed by atoms with Gasteiger partial charge in [0.15, 0.2) is 0 Å². The van der Waals surface area contributed by atoms with E-state index in [1.54, 1.807) is 24.0 Å². The van der Waals surface area contributed by atoms with E-state index in [9.17, 15) is 9.59 Å². The number of benzene rings is 1. The Hall–Kier alpha value is -1.36. The number of nitrogens with zero attached hydrogens (tertiary/aromatic N) is 1. The van der Waals surface area contributed by atoms with Crippen LogP contribution in [0.25, 0.3) is 0 Å². The molecule has 5 heteroatoms. The predicted octanol–water partition coefficient (Wildman–Crippen LogP) is 2.78. The number of piperidine rings is 1. The molecule has 0 aliphatic carbocycles. The maximum absolute atomic E-state index is 12.3. The van der Waals surface area contributed by atoms with Crippen molar-refractivity contribution in [3.05, 3.63) is 34.3 Å². The molecule has 1 aliphatic heterocycles. The van der Waals surface area contributed by atoms with Crippen molar-refractivity contribution in [2.75, 3.05) is 13.1 Å². The van der Waals surface area contributed by atoms with Gasteiger partial charge in [-0.25, -0.2) is 0 Å². The van der Waals surface area contributed by atoms with Gasteiger partial charge in [0.2, 0.25) is 0 Å². The van der Waals surface area contributed by atoms with Crippen LogP contribution in [0.2, 0.25) is 0 Å². The summed E-state index contributed by atoms with van der Waals surface area (Å²) in [5, 5.41) is 9.16. The number of carbonyl (C=O) groups excluding carboxylic acids is 1. The fourth-order valence-electron chi connectivity index (χ4n) is 2.19. The molecule has 1 heterocycles. The standard InChI is InChI=1S/C14H16BrNO3/c1-14(13(18)19)6-8-16(9-7-14)12(17)10-2-4-11(15)5-3-10/h2-5H,6-9H2,1H3,(H,18,19). The van der Waals surface area contributed by atoms with Gasteiger partial charge in [0, 0.05) is 23.1 Å². The SMILES string of the molecule is CC1(C(=O)O)CCN(C(=O)c2ccc(Br)cc2)CC1.